The molecule has 0 bridgehead atoms. The molecule has 1 aromatic heterocycles. The first-order valence-electron chi connectivity index (χ1n) is 6.13. The van der Waals surface area contributed by atoms with Gasteiger partial charge < -0.3 is 15.6 Å². The number of nitrogens with two attached hydrogens (primary N) is 1. The summed E-state index contributed by atoms with van der Waals surface area (Å²) in [5, 5.41) is 2.91. The van der Waals surface area contributed by atoms with Gasteiger partial charge in [0.15, 0.2) is 0 Å². The molecular formula is C12H22N4O. The number of hydrogen-bond donors (Lipinski definition) is 2. The third kappa shape index (κ3) is 4.56. The summed E-state index contributed by atoms with van der Waals surface area (Å²) in [6, 6.07) is 0. The standard InChI is InChI=1S/C12H22N4O/c1-3-4-10(5-6-13)7-14-12(17)11-8-16(2)9-15-11/h8-10H,3-7,13H2,1-2H3,(H,14,17). The molecule has 1 heterocycles. The number of nitrogens with zero attached hydrogens (tertiary/aromatic N) is 2. The molecule has 0 aliphatic rings. The maximum Gasteiger partial charge on any atom is 0.271 e. The molecule has 1 atom stereocenters. The molecule has 1 amide bonds. The number of carbonyl (C=O) groups excluding carboxylic acids is 1. The lowest BCUT2D eigenvalue weighted by Gasteiger charge is -2.15. The van der Waals surface area contributed by atoms with Crippen LogP contribution in [0.1, 0.15) is 36.7 Å². The smallest absolute Gasteiger partial charge is 0.271 e. The maximum absolute atomic E-state index is 11.8. The van der Waals surface area contributed by atoms with E-state index in [9.17, 15) is 4.79 Å². The Labute approximate surface area is 102 Å². The van der Waals surface area contributed by atoms with Crippen molar-refractivity contribution in [2.45, 2.75) is 26.2 Å². The minimum Gasteiger partial charge on any atom is -0.350 e. The van der Waals surface area contributed by atoms with E-state index >= 15 is 0 Å². The number of rotatable bonds is 7. The van der Waals surface area contributed by atoms with Gasteiger partial charge in [-0.2, -0.15) is 0 Å². The number of aryl methyl sites for hydroxylation is 1. The lowest BCUT2D eigenvalue weighted by Crippen LogP contribution is -2.30. The lowest BCUT2D eigenvalue weighted by atomic mass is 10.00. The van der Waals surface area contributed by atoms with Crippen LogP contribution in [0.2, 0.25) is 0 Å². The van der Waals surface area contributed by atoms with Crippen LogP contribution in [0.15, 0.2) is 12.5 Å². The zero-order valence-electron chi connectivity index (χ0n) is 10.6. The quantitative estimate of drug-likeness (QED) is 0.741. The van der Waals surface area contributed by atoms with Crippen molar-refractivity contribution in [3.8, 4) is 0 Å². The minimum absolute atomic E-state index is 0.108. The van der Waals surface area contributed by atoms with Crippen LogP contribution in [-0.4, -0.2) is 28.5 Å². The van der Waals surface area contributed by atoms with Gasteiger partial charge in [-0.1, -0.05) is 13.3 Å². The molecular weight excluding hydrogens is 216 g/mol. The van der Waals surface area contributed by atoms with Gasteiger partial charge in [-0.25, -0.2) is 4.98 Å². The van der Waals surface area contributed by atoms with E-state index in [-0.39, 0.29) is 5.91 Å². The Morgan fingerprint density at radius 1 is 1.59 bits per heavy atom. The normalized spacial score (nSPS) is 12.4. The van der Waals surface area contributed by atoms with Crippen LogP contribution in [0, 0.1) is 5.92 Å². The van der Waals surface area contributed by atoms with Gasteiger partial charge in [0, 0.05) is 19.8 Å². The largest absolute Gasteiger partial charge is 0.350 e. The van der Waals surface area contributed by atoms with Crippen molar-refractivity contribution in [2.24, 2.45) is 18.7 Å². The van der Waals surface area contributed by atoms with Gasteiger partial charge in [-0.3, -0.25) is 4.79 Å². The summed E-state index contributed by atoms with van der Waals surface area (Å²) in [5.74, 6) is 0.362. The predicted molar refractivity (Wildman–Crippen MR) is 67.6 cm³/mol. The van der Waals surface area contributed by atoms with Gasteiger partial charge in [-0.05, 0) is 25.3 Å². The number of nitrogens with one attached hydrogen (secondary N) is 1. The van der Waals surface area contributed by atoms with Gasteiger partial charge in [0.25, 0.3) is 5.91 Å². The summed E-state index contributed by atoms with van der Waals surface area (Å²) < 4.78 is 1.76. The SMILES string of the molecule is CCCC(CCN)CNC(=O)c1cn(C)cn1. The molecule has 0 aromatic carbocycles. The van der Waals surface area contributed by atoms with Gasteiger partial charge >= 0.3 is 0 Å². The molecule has 5 heteroatoms. The minimum atomic E-state index is -0.108. The summed E-state index contributed by atoms with van der Waals surface area (Å²) in [6.07, 6.45) is 6.51. The highest BCUT2D eigenvalue weighted by atomic mass is 16.1. The lowest BCUT2D eigenvalue weighted by molar-refractivity contribution is 0.0941. The van der Waals surface area contributed by atoms with Crippen molar-refractivity contribution in [2.75, 3.05) is 13.1 Å². The Morgan fingerprint density at radius 3 is 2.88 bits per heavy atom. The average molecular weight is 238 g/mol. The highest BCUT2D eigenvalue weighted by Gasteiger charge is 2.11. The first kappa shape index (κ1) is 13.7. The molecule has 3 N–H and O–H groups in total. The molecule has 1 aromatic rings. The van der Waals surface area contributed by atoms with E-state index in [1.54, 1.807) is 17.1 Å². The first-order chi connectivity index (χ1) is 8.17. The van der Waals surface area contributed by atoms with Gasteiger partial charge in [0.05, 0.1) is 6.33 Å². The molecule has 0 spiro atoms. The number of hydrogen-bond acceptors (Lipinski definition) is 3. The molecule has 0 aliphatic carbocycles. The Balaban J connectivity index is 2.40. The summed E-state index contributed by atoms with van der Waals surface area (Å²) in [6.45, 7) is 3.49. The van der Waals surface area contributed by atoms with Crippen molar-refractivity contribution in [1.82, 2.24) is 14.9 Å². The Bertz CT molecular complexity index is 342. The Kier molecular flexibility index (Phi) is 5.69. The van der Waals surface area contributed by atoms with Crippen LogP contribution >= 0.6 is 0 Å². The molecule has 0 fully saturated rings. The summed E-state index contributed by atoms with van der Waals surface area (Å²) in [4.78, 5) is 15.8. The molecule has 0 saturated carbocycles. The van der Waals surface area contributed by atoms with Gasteiger partial charge in [0.1, 0.15) is 5.69 Å². The van der Waals surface area contributed by atoms with Crippen LogP contribution in [0.4, 0.5) is 0 Å². The number of aromatic nitrogens is 2. The van der Waals surface area contributed by atoms with Crippen molar-refractivity contribution in [1.29, 1.82) is 0 Å². The fourth-order valence-corrected chi connectivity index (χ4v) is 1.85. The van der Waals surface area contributed by atoms with Crippen LogP contribution in [0.5, 0.6) is 0 Å². The molecule has 0 radical (unpaired) electrons. The maximum atomic E-state index is 11.8. The van der Waals surface area contributed by atoms with E-state index in [1.165, 1.54) is 0 Å². The topological polar surface area (TPSA) is 72.9 Å². The fraction of sp³-hybridized carbons (Fsp3) is 0.667. The average Bonchev–Trinajstić information content (AvgIpc) is 2.73. The second kappa shape index (κ2) is 7.06. The zero-order chi connectivity index (χ0) is 12.7. The highest BCUT2D eigenvalue weighted by Crippen LogP contribution is 2.09. The van der Waals surface area contributed by atoms with Crippen molar-refractivity contribution in [3.63, 3.8) is 0 Å². The van der Waals surface area contributed by atoms with Crippen LogP contribution in [0.25, 0.3) is 0 Å². The van der Waals surface area contributed by atoms with Gasteiger partial charge in [-0.15, -0.1) is 0 Å². The summed E-state index contributed by atoms with van der Waals surface area (Å²) in [7, 11) is 1.85. The van der Waals surface area contributed by atoms with Crippen LogP contribution in [0.3, 0.4) is 0 Å². The fourth-order valence-electron chi connectivity index (χ4n) is 1.85. The van der Waals surface area contributed by atoms with Gasteiger partial charge in [0.2, 0.25) is 0 Å². The molecule has 5 nitrogen and oxygen atoms in total. The number of amides is 1. The molecule has 17 heavy (non-hydrogen) atoms. The highest BCUT2D eigenvalue weighted by molar-refractivity contribution is 5.91. The second-order valence-electron chi connectivity index (χ2n) is 4.37. The molecule has 1 rings (SSSR count). The first-order valence-corrected chi connectivity index (χ1v) is 6.13. The summed E-state index contributed by atoms with van der Waals surface area (Å²) >= 11 is 0. The third-order valence-corrected chi connectivity index (χ3v) is 2.76. The second-order valence-corrected chi connectivity index (χ2v) is 4.37. The Hall–Kier alpha value is -1.36. The van der Waals surface area contributed by atoms with E-state index < -0.39 is 0 Å². The summed E-state index contributed by atoms with van der Waals surface area (Å²) in [5.41, 5.74) is 6.02. The van der Waals surface area contributed by atoms with Crippen LogP contribution < -0.4 is 11.1 Å². The Morgan fingerprint density at radius 2 is 2.35 bits per heavy atom. The molecule has 0 saturated heterocycles. The van der Waals surface area contributed by atoms with E-state index in [0.717, 1.165) is 19.3 Å². The number of imidazole rings is 1. The van der Waals surface area contributed by atoms with E-state index in [1.807, 2.05) is 7.05 Å². The molecule has 1 unspecified atom stereocenters. The molecule has 96 valence electrons. The van der Waals surface area contributed by atoms with Crippen molar-refractivity contribution < 1.29 is 4.79 Å². The molecule has 0 aliphatic heterocycles. The monoisotopic (exact) mass is 238 g/mol. The van der Waals surface area contributed by atoms with E-state index in [4.69, 9.17) is 5.73 Å². The van der Waals surface area contributed by atoms with Crippen molar-refractivity contribution in [3.05, 3.63) is 18.2 Å². The van der Waals surface area contributed by atoms with Crippen molar-refractivity contribution >= 4 is 5.91 Å². The number of carbonyl (C=O) groups is 1. The van der Waals surface area contributed by atoms with E-state index in [0.29, 0.717) is 24.7 Å². The van der Waals surface area contributed by atoms with E-state index in [2.05, 4.69) is 17.2 Å². The predicted octanol–water partition coefficient (Wildman–Crippen LogP) is 0.915. The third-order valence-electron chi connectivity index (χ3n) is 2.76. The zero-order valence-corrected chi connectivity index (χ0v) is 10.6. The van der Waals surface area contributed by atoms with Crippen LogP contribution in [-0.2, 0) is 7.05 Å².